The van der Waals surface area contributed by atoms with E-state index in [2.05, 4.69) is 9.97 Å². The molecule has 2 fully saturated rings. The van der Waals surface area contributed by atoms with Gasteiger partial charge in [0.2, 0.25) is 0 Å². The van der Waals surface area contributed by atoms with Crippen molar-refractivity contribution in [1.29, 1.82) is 0 Å². The summed E-state index contributed by atoms with van der Waals surface area (Å²) in [6, 6.07) is 11.2. The summed E-state index contributed by atoms with van der Waals surface area (Å²) >= 11 is 5.88. The van der Waals surface area contributed by atoms with E-state index in [0.29, 0.717) is 59.5 Å². The normalized spacial score (nSPS) is 18.7. The maximum Gasteiger partial charge on any atom is 0.329 e. The number of carbonyl (C=O) groups excluding carboxylic acids is 1. The summed E-state index contributed by atoms with van der Waals surface area (Å²) in [6.45, 7) is 1.45. The lowest BCUT2D eigenvalue weighted by Gasteiger charge is -2.27. The molecule has 0 radical (unpaired) electrons. The Morgan fingerprint density at radius 2 is 1.78 bits per heavy atom. The van der Waals surface area contributed by atoms with Crippen LogP contribution in [0, 0.1) is 5.82 Å². The second kappa shape index (κ2) is 8.35. The van der Waals surface area contributed by atoms with Crippen molar-refractivity contribution < 1.29 is 13.6 Å². The second-order valence-electron chi connectivity index (χ2n) is 7.77. The number of rotatable bonds is 4. The van der Waals surface area contributed by atoms with E-state index in [4.69, 9.17) is 11.6 Å². The van der Waals surface area contributed by atoms with Crippen molar-refractivity contribution in [3.8, 4) is 11.1 Å². The first-order valence-corrected chi connectivity index (χ1v) is 10.7. The van der Waals surface area contributed by atoms with Gasteiger partial charge in [-0.2, -0.15) is 0 Å². The summed E-state index contributed by atoms with van der Waals surface area (Å²) < 4.78 is 28.8. The van der Waals surface area contributed by atoms with E-state index in [1.165, 1.54) is 6.07 Å². The maximum absolute atomic E-state index is 14.8. The molecule has 4 heterocycles. The fourth-order valence-electron chi connectivity index (χ4n) is 4.26. The Bertz CT molecular complexity index is 1160. The Morgan fingerprint density at radius 3 is 2.50 bits per heavy atom. The van der Waals surface area contributed by atoms with Crippen LogP contribution in [-0.4, -0.2) is 48.3 Å². The third-order valence-electron chi connectivity index (χ3n) is 5.80. The molecule has 6 nitrogen and oxygen atoms in total. The SMILES string of the molecule is O=C1N(c2ccc(Cl)nc2)CCN1c1c(-c2ccccc2F)ccnc1N1CC[C@H](F)C1. The van der Waals surface area contributed by atoms with E-state index in [1.807, 2.05) is 4.90 Å². The number of urea groups is 1. The highest BCUT2D eigenvalue weighted by Gasteiger charge is 2.36. The molecule has 2 aliphatic heterocycles. The second-order valence-corrected chi connectivity index (χ2v) is 8.15. The number of halogens is 3. The summed E-state index contributed by atoms with van der Waals surface area (Å²) in [5, 5.41) is 0.337. The molecule has 1 aromatic carbocycles. The lowest BCUT2D eigenvalue weighted by molar-refractivity contribution is 0.256. The Balaban J connectivity index is 1.61. The fourth-order valence-corrected chi connectivity index (χ4v) is 4.37. The minimum absolute atomic E-state index is 0.188. The summed E-state index contributed by atoms with van der Waals surface area (Å²) in [5.74, 6) is 0.0800. The highest BCUT2D eigenvalue weighted by atomic mass is 35.5. The molecule has 0 saturated carbocycles. The largest absolute Gasteiger partial charge is 0.352 e. The minimum Gasteiger partial charge on any atom is -0.352 e. The zero-order valence-corrected chi connectivity index (χ0v) is 17.8. The van der Waals surface area contributed by atoms with E-state index in [1.54, 1.807) is 58.6 Å². The van der Waals surface area contributed by atoms with Crippen LogP contribution in [0.3, 0.4) is 0 Å². The summed E-state index contributed by atoms with van der Waals surface area (Å²) in [5.41, 5.74) is 2.01. The predicted octanol–water partition coefficient (Wildman–Crippen LogP) is 4.93. The summed E-state index contributed by atoms with van der Waals surface area (Å²) in [6.07, 6.45) is 2.54. The van der Waals surface area contributed by atoms with Gasteiger partial charge in [-0.05, 0) is 30.7 Å². The van der Waals surface area contributed by atoms with Gasteiger partial charge < -0.3 is 4.90 Å². The monoisotopic (exact) mass is 455 g/mol. The quantitative estimate of drug-likeness (QED) is 0.523. The molecule has 0 aliphatic carbocycles. The molecule has 2 saturated heterocycles. The first kappa shape index (κ1) is 20.6. The summed E-state index contributed by atoms with van der Waals surface area (Å²) in [4.78, 5) is 27.0. The molecule has 32 heavy (non-hydrogen) atoms. The molecule has 0 spiro atoms. The van der Waals surface area contributed by atoms with Crippen LogP contribution in [0.15, 0.2) is 54.9 Å². The van der Waals surface area contributed by atoms with Crippen LogP contribution < -0.4 is 14.7 Å². The van der Waals surface area contributed by atoms with Crippen LogP contribution in [0.2, 0.25) is 5.15 Å². The molecule has 1 atom stereocenters. The van der Waals surface area contributed by atoms with Crippen LogP contribution in [0.5, 0.6) is 0 Å². The predicted molar refractivity (Wildman–Crippen MR) is 121 cm³/mol. The molecule has 9 heteroatoms. The number of alkyl halides is 1. The number of nitrogens with zero attached hydrogens (tertiary/aromatic N) is 5. The highest BCUT2D eigenvalue weighted by Crippen LogP contribution is 2.41. The fraction of sp³-hybridized carbons (Fsp3) is 0.261. The first-order valence-electron chi connectivity index (χ1n) is 10.4. The molecule has 0 unspecified atom stereocenters. The Labute approximate surface area is 189 Å². The van der Waals surface area contributed by atoms with Crippen molar-refractivity contribution in [2.75, 3.05) is 40.9 Å². The van der Waals surface area contributed by atoms with E-state index in [-0.39, 0.29) is 12.6 Å². The van der Waals surface area contributed by atoms with Gasteiger partial charge in [-0.3, -0.25) is 9.80 Å². The van der Waals surface area contributed by atoms with Crippen molar-refractivity contribution >= 4 is 34.8 Å². The van der Waals surface area contributed by atoms with Gasteiger partial charge in [-0.25, -0.2) is 23.5 Å². The number of hydrogen-bond donors (Lipinski definition) is 0. The molecule has 3 aromatic rings. The van der Waals surface area contributed by atoms with Gasteiger partial charge in [0, 0.05) is 37.0 Å². The lowest BCUT2D eigenvalue weighted by atomic mass is 10.0. The lowest BCUT2D eigenvalue weighted by Crippen LogP contribution is -2.34. The average molecular weight is 456 g/mol. The van der Waals surface area contributed by atoms with Crippen molar-refractivity contribution in [3.63, 3.8) is 0 Å². The van der Waals surface area contributed by atoms with Crippen molar-refractivity contribution in [1.82, 2.24) is 9.97 Å². The number of carbonyl (C=O) groups is 1. The van der Waals surface area contributed by atoms with Crippen molar-refractivity contribution in [2.45, 2.75) is 12.6 Å². The number of aromatic nitrogens is 2. The number of anilines is 3. The Morgan fingerprint density at radius 1 is 0.969 bits per heavy atom. The van der Waals surface area contributed by atoms with Gasteiger partial charge in [0.15, 0.2) is 5.82 Å². The topological polar surface area (TPSA) is 52.6 Å². The van der Waals surface area contributed by atoms with Gasteiger partial charge in [0.1, 0.15) is 17.1 Å². The molecular formula is C23H20ClF2N5O. The van der Waals surface area contributed by atoms with Crippen LogP contribution in [0.4, 0.5) is 30.8 Å². The first-order chi connectivity index (χ1) is 15.5. The van der Waals surface area contributed by atoms with Gasteiger partial charge in [0.25, 0.3) is 0 Å². The van der Waals surface area contributed by atoms with E-state index in [9.17, 15) is 13.6 Å². The zero-order valence-electron chi connectivity index (χ0n) is 17.1. The van der Waals surface area contributed by atoms with Crippen LogP contribution in [-0.2, 0) is 0 Å². The number of hydrogen-bond acceptors (Lipinski definition) is 4. The molecule has 2 aromatic heterocycles. The van der Waals surface area contributed by atoms with E-state index < -0.39 is 12.0 Å². The molecular weight excluding hydrogens is 436 g/mol. The average Bonchev–Trinajstić information content (AvgIpc) is 3.40. The maximum atomic E-state index is 14.8. The Kier molecular flexibility index (Phi) is 5.38. The Hall–Kier alpha value is -3.26. The van der Waals surface area contributed by atoms with Crippen LogP contribution in [0.1, 0.15) is 6.42 Å². The minimum atomic E-state index is -0.965. The molecule has 2 aliphatic rings. The van der Waals surface area contributed by atoms with Gasteiger partial charge >= 0.3 is 6.03 Å². The molecule has 5 rings (SSSR count). The molecule has 2 amide bonds. The van der Waals surface area contributed by atoms with E-state index >= 15 is 0 Å². The number of amides is 2. The zero-order chi connectivity index (χ0) is 22.2. The summed E-state index contributed by atoms with van der Waals surface area (Å²) in [7, 11) is 0. The third kappa shape index (κ3) is 3.64. The highest BCUT2D eigenvalue weighted by molar-refractivity contribution is 6.29. The smallest absolute Gasteiger partial charge is 0.329 e. The van der Waals surface area contributed by atoms with Crippen LogP contribution in [0.25, 0.3) is 11.1 Å². The van der Waals surface area contributed by atoms with Crippen molar-refractivity contribution in [3.05, 3.63) is 65.8 Å². The standard InChI is InChI=1S/C23H20ClF2N5O/c24-20-6-5-16(13-28-20)30-11-12-31(23(30)32)21-18(17-3-1-2-4-19(17)26)7-9-27-22(21)29-10-8-15(25)14-29/h1-7,9,13,15H,8,10-12,14H2/t15-/m0/s1. The van der Waals surface area contributed by atoms with E-state index in [0.717, 1.165) is 0 Å². The molecule has 164 valence electrons. The van der Waals surface area contributed by atoms with Crippen molar-refractivity contribution in [2.24, 2.45) is 0 Å². The third-order valence-corrected chi connectivity index (χ3v) is 6.03. The van der Waals surface area contributed by atoms with Gasteiger partial charge in [-0.15, -0.1) is 0 Å². The molecule has 0 N–H and O–H groups in total. The van der Waals surface area contributed by atoms with Gasteiger partial charge in [0.05, 0.1) is 24.1 Å². The number of benzene rings is 1. The number of pyridine rings is 2. The molecule has 0 bridgehead atoms. The van der Waals surface area contributed by atoms with Gasteiger partial charge in [-0.1, -0.05) is 29.8 Å². The van der Waals surface area contributed by atoms with Crippen LogP contribution >= 0.6 is 11.6 Å².